The van der Waals surface area contributed by atoms with Crippen LogP contribution in [0.3, 0.4) is 0 Å². The summed E-state index contributed by atoms with van der Waals surface area (Å²) < 4.78 is 0. The van der Waals surface area contributed by atoms with Gasteiger partial charge in [0.1, 0.15) is 0 Å². The van der Waals surface area contributed by atoms with Gasteiger partial charge in [-0.15, -0.1) is 0 Å². The lowest BCUT2D eigenvalue weighted by molar-refractivity contribution is -0.137. The number of carboxylic acid groups (broad SMARTS) is 1. The number of rotatable bonds is 5. The molecule has 4 nitrogen and oxygen atoms in total. The van der Waals surface area contributed by atoms with Gasteiger partial charge in [0.15, 0.2) is 5.78 Å². The number of carbonyl (C=O) groups excluding carboxylic acids is 1. The highest BCUT2D eigenvalue weighted by molar-refractivity contribution is 6.01. The standard InChI is InChI=1S/C12H15NO3/c1-2-8-3-5-9(6-4-8)12(16)10(13)7-11(14)15/h3-6,10H,2,7,13H2,1H3,(H,14,15). The number of carboxylic acids is 1. The lowest BCUT2D eigenvalue weighted by Crippen LogP contribution is -2.32. The van der Waals surface area contributed by atoms with E-state index in [1.54, 1.807) is 12.1 Å². The molecule has 1 aromatic rings. The van der Waals surface area contributed by atoms with Crippen LogP contribution in [0.2, 0.25) is 0 Å². The van der Waals surface area contributed by atoms with Gasteiger partial charge in [0, 0.05) is 5.56 Å². The maximum absolute atomic E-state index is 11.7. The minimum absolute atomic E-state index is 0.329. The van der Waals surface area contributed by atoms with Crippen molar-refractivity contribution in [1.29, 1.82) is 0 Å². The van der Waals surface area contributed by atoms with Crippen molar-refractivity contribution in [3.8, 4) is 0 Å². The zero-order valence-corrected chi connectivity index (χ0v) is 9.14. The van der Waals surface area contributed by atoms with Gasteiger partial charge >= 0.3 is 5.97 Å². The van der Waals surface area contributed by atoms with Gasteiger partial charge in [0.25, 0.3) is 0 Å². The molecule has 0 bridgehead atoms. The van der Waals surface area contributed by atoms with Gasteiger partial charge in [-0.3, -0.25) is 9.59 Å². The number of carbonyl (C=O) groups is 2. The molecule has 1 rings (SSSR count). The van der Waals surface area contributed by atoms with Crippen molar-refractivity contribution in [1.82, 2.24) is 0 Å². The third-order valence-corrected chi connectivity index (χ3v) is 2.38. The first-order chi connectivity index (χ1) is 7.54. The second-order valence-electron chi connectivity index (χ2n) is 3.62. The number of ketones is 1. The summed E-state index contributed by atoms with van der Waals surface area (Å²) in [6.07, 6.45) is 0.560. The maximum Gasteiger partial charge on any atom is 0.305 e. The first-order valence-corrected chi connectivity index (χ1v) is 5.15. The Kier molecular flexibility index (Phi) is 4.19. The average molecular weight is 221 g/mol. The topological polar surface area (TPSA) is 80.4 Å². The molecule has 3 N–H and O–H groups in total. The molecule has 0 fully saturated rings. The van der Waals surface area contributed by atoms with Gasteiger partial charge in [0.05, 0.1) is 12.5 Å². The molecule has 0 saturated carbocycles. The fraction of sp³-hybridized carbons (Fsp3) is 0.333. The van der Waals surface area contributed by atoms with Crippen molar-refractivity contribution >= 4 is 11.8 Å². The molecular formula is C12H15NO3. The molecule has 0 aliphatic heterocycles. The Morgan fingerprint density at radius 2 is 1.88 bits per heavy atom. The first-order valence-electron chi connectivity index (χ1n) is 5.15. The fourth-order valence-electron chi connectivity index (χ4n) is 1.40. The lowest BCUT2D eigenvalue weighted by atomic mass is 10.0. The van der Waals surface area contributed by atoms with Gasteiger partial charge in [-0.1, -0.05) is 31.2 Å². The van der Waals surface area contributed by atoms with E-state index in [-0.39, 0.29) is 12.2 Å². The van der Waals surface area contributed by atoms with E-state index in [4.69, 9.17) is 10.8 Å². The Balaban J connectivity index is 2.75. The molecule has 0 aromatic heterocycles. The van der Waals surface area contributed by atoms with Crippen LogP contribution in [0.15, 0.2) is 24.3 Å². The zero-order valence-electron chi connectivity index (χ0n) is 9.14. The van der Waals surface area contributed by atoms with E-state index in [0.29, 0.717) is 5.56 Å². The van der Waals surface area contributed by atoms with Crippen LogP contribution >= 0.6 is 0 Å². The largest absolute Gasteiger partial charge is 0.481 e. The van der Waals surface area contributed by atoms with E-state index in [9.17, 15) is 9.59 Å². The quantitative estimate of drug-likeness (QED) is 0.733. The lowest BCUT2D eigenvalue weighted by Gasteiger charge is -2.08. The van der Waals surface area contributed by atoms with Crippen LogP contribution in [0.4, 0.5) is 0 Å². The molecule has 0 saturated heterocycles. The molecule has 0 heterocycles. The molecule has 1 unspecified atom stereocenters. The van der Waals surface area contributed by atoms with Gasteiger partial charge in [-0.25, -0.2) is 0 Å². The van der Waals surface area contributed by atoms with Crippen LogP contribution in [-0.4, -0.2) is 22.9 Å². The Hall–Kier alpha value is -1.68. The molecule has 0 aliphatic carbocycles. The Bertz CT molecular complexity index is 384. The minimum Gasteiger partial charge on any atom is -0.481 e. The van der Waals surface area contributed by atoms with Crippen molar-refractivity contribution in [3.63, 3.8) is 0 Å². The van der Waals surface area contributed by atoms with Crippen molar-refractivity contribution in [2.24, 2.45) is 5.73 Å². The normalized spacial score (nSPS) is 12.1. The summed E-state index contributed by atoms with van der Waals surface area (Å²) in [6.45, 7) is 2.02. The molecule has 0 radical (unpaired) electrons. The van der Waals surface area contributed by atoms with Crippen molar-refractivity contribution < 1.29 is 14.7 Å². The van der Waals surface area contributed by atoms with Gasteiger partial charge in [0.2, 0.25) is 0 Å². The van der Waals surface area contributed by atoms with E-state index in [2.05, 4.69) is 0 Å². The number of hydrogen-bond acceptors (Lipinski definition) is 3. The van der Waals surface area contributed by atoms with Gasteiger partial charge < -0.3 is 10.8 Å². The second kappa shape index (κ2) is 5.42. The third kappa shape index (κ3) is 3.17. The van der Waals surface area contributed by atoms with E-state index >= 15 is 0 Å². The van der Waals surface area contributed by atoms with Crippen molar-refractivity contribution in [2.75, 3.05) is 0 Å². The summed E-state index contributed by atoms with van der Waals surface area (Å²) in [5.74, 6) is -1.39. The molecule has 0 aliphatic rings. The van der Waals surface area contributed by atoms with Crippen LogP contribution in [-0.2, 0) is 11.2 Å². The molecule has 16 heavy (non-hydrogen) atoms. The van der Waals surface area contributed by atoms with E-state index in [0.717, 1.165) is 12.0 Å². The SMILES string of the molecule is CCc1ccc(C(=O)C(N)CC(=O)O)cc1. The monoisotopic (exact) mass is 221 g/mol. The Morgan fingerprint density at radius 1 is 1.31 bits per heavy atom. The van der Waals surface area contributed by atoms with Crippen LogP contribution in [0.5, 0.6) is 0 Å². The van der Waals surface area contributed by atoms with E-state index in [1.807, 2.05) is 19.1 Å². The highest BCUT2D eigenvalue weighted by Gasteiger charge is 2.18. The molecule has 1 atom stereocenters. The highest BCUT2D eigenvalue weighted by atomic mass is 16.4. The number of aliphatic carboxylic acids is 1. The summed E-state index contributed by atoms with van der Waals surface area (Å²) in [4.78, 5) is 22.1. The Morgan fingerprint density at radius 3 is 2.31 bits per heavy atom. The van der Waals surface area contributed by atoms with Crippen LogP contribution in [0.1, 0.15) is 29.3 Å². The van der Waals surface area contributed by atoms with Gasteiger partial charge in [-0.05, 0) is 12.0 Å². The number of nitrogens with two attached hydrogens (primary N) is 1. The molecule has 86 valence electrons. The molecular weight excluding hydrogens is 206 g/mol. The molecule has 0 amide bonds. The van der Waals surface area contributed by atoms with Crippen LogP contribution < -0.4 is 5.73 Å². The minimum atomic E-state index is -1.06. The highest BCUT2D eigenvalue weighted by Crippen LogP contribution is 2.08. The van der Waals surface area contributed by atoms with Crippen LogP contribution in [0.25, 0.3) is 0 Å². The summed E-state index contributed by atoms with van der Waals surface area (Å²) in [6, 6.07) is 6.10. The first kappa shape index (κ1) is 12.4. The smallest absolute Gasteiger partial charge is 0.305 e. The predicted octanol–water partition coefficient (Wildman–Crippen LogP) is 1.23. The Labute approximate surface area is 94.1 Å². The average Bonchev–Trinajstić information content (AvgIpc) is 2.27. The third-order valence-electron chi connectivity index (χ3n) is 2.38. The predicted molar refractivity (Wildman–Crippen MR) is 60.4 cm³/mol. The van der Waals surface area contributed by atoms with Crippen LogP contribution in [0, 0.1) is 0 Å². The van der Waals surface area contributed by atoms with E-state index < -0.39 is 12.0 Å². The number of aryl methyl sites for hydroxylation is 1. The fourth-order valence-corrected chi connectivity index (χ4v) is 1.40. The molecule has 4 heteroatoms. The summed E-state index contributed by atoms with van der Waals surface area (Å²) in [5.41, 5.74) is 7.08. The summed E-state index contributed by atoms with van der Waals surface area (Å²) >= 11 is 0. The van der Waals surface area contributed by atoms with Gasteiger partial charge in [-0.2, -0.15) is 0 Å². The number of hydrogen-bond donors (Lipinski definition) is 2. The molecule has 0 spiro atoms. The van der Waals surface area contributed by atoms with E-state index in [1.165, 1.54) is 0 Å². The van der Waals surface area contributed by atoms with Crippen molar-refractivity contribution in [2.45, 2.75) is 25.8 Å². The summed E-state index contributed by atoms with van der Waals surface area (Å²) in [7, 11) is 0. The molecule has 1 aromatic carbocycles. The number of Topliss-reactive ketones (excluding diaryl/α,β-unsaturated/α-hetero) is 1. The van der Waals surface area contributed by atoms with Crippen molar-refractivity contribution in [3.05, 3.63) is 35.4 Å². The maximum atomic E-state index is 11.7. The summed E-state index contributed by atoms with van der Waals surface area (Å²) in [5, 5.41) is 8.53. The zero-order chi connectivity index (χ0) is 12.1. The second-order valence-corrected chi connectivity index (χ2v) is 3.62. The number of benzene rings is 1.